The summed E-state index contributed by atoms with van der Waals surface area (Å²) in [6.45, 7) is 16.4. The number of hydrogen-bond acceptors (Lipinski definition) is 11. The van der Waals surface area contributed by atoms with Crippen LogP contribution in [-0.4, -0.2) is 93.0 Å². The zero-order valence-corrected chi connectivity index (χ0v) is 38.1. The summed E-state index contributed by atoms with van der Waals surface area (Å²) in [7, 11) is -3.69. The van der Waals surface area contributed by atoms with E-state index in [1.807, 2.05) is 76.2 Å². The van der Waals surface area contributed by atoms with Crippen LogP contribution in [0.15, 0.2) is 77.7 Å². The minimum absolute atomic E-state index is 0.00606. The molecule has 0 aliphatic carbocycles. The van der Waals surface area contributed by atoms with Gasteiger partial charge in [0.05, 0.1) is 43.2 Å². The maximum absolute atomic E-state index is 14.2. The van der Waals surface area contributed by atoms with Crippen LogP contribution in [0.5, 0.6) is 0 Å². The average molecular weight is 858 g/mol. The van der Waals surface area contributed by atoms with Crippen molar-refractivity contribution in [1.29, 1.82) is 0 Å². The van der Waals surface area contributed by atoms with Crippen molar-refractivity contribution in [3.05, 3.63) is 78.4 Å². The Hall–Kier alpha value is -2.88. The fourth-order valence-electron chi connectivity index (χ4n) is 8.18. The number of carbonyl (C=O) groups excluding carboxylic acids is 1. The van der Waals surface area contributed by atoms with E-state index in [1.165, 1.54) is 6.42 Å². The van der Waals surface area contributed by atoms with Crippen LogP contribution < -0.4 is 5.32 Å². The highest BCUT2D eigenvalue weighted by atomic mass is 32.2. The summed E-state index contributed by atoms with van der Waals surface area (Å²) in [6, 6.07) is 18.4. The molecule has 0 aromatic heterocycles. The van der Waals surface area contributed by atoms with E-state index in [0.717, 1.165) is 44.1 Å². The summed E-state index contributed by atoms with van der Waals surface area (Å²) < 4.78 is 78.8. The summed E-state index contributed by atoms with van der Waals surface area (Å²) in [5.41, 5.74) is -1.08. The highest BCUT2D eigenvalue weighted by molar-refractivity contribution is 7.92. The first-order chi connectivity index (χ1) is 28.4. The lowest BCUT2D eigenvalue weighted by Crippen LogP contribution is -2.72. The van der Waals surface area contributed by atoms with Gasteiger partial charge in [0.1, 0.15) is 29.5 Å². The summed E-state index contributed by atoms with van der Waals surface area (Å²) >= 11 is 0. The van der Waals surface area contributed by atoms with Crippen LogP contribution in [0.4, 0.5) is 4.79 Å². The first kappa shape index (κ1) is 48.2. The second kappa shape index (κ2) is 21.0. The number of hydrogen-bond donors (Lipinski definition) is 1. The van der Waals surface area contributed by atoms with Gasteiger partial charge in [-0.25, -0.2) is 13.2 Å². The largest absolute Gasteiger partial charge is 0.444 e. The molecule has 3 fully saturated rings. The third-order valence-corrected chi connectivity index (χ3v) is 13.3. The molecule has 0 radical (unpaired) electrons. The number of amides is 1. The van der Waals surface area contributed by atoms with E-state index in [2.05, 4.69) is 12.2 Å². The molecule has 60 heavy (non-hydrogen) atoms. The van der Waals surface area contributed by atoms with E-state index < -0.39 is 68.0 Å². The lowest BCUT2D eigenvalue weighted by atomic mass is 9.86. The molecule has 3 heterocycles. The smallest absolute Gasteiger partial charge is 0.408 e. The van der Waals surface area contributed by atoms with Crippen LogP contribution in [0.2, 0.25) is 0 Å². The molecule has 0 saturated carbocycles. The van der Waals surface area contributed by atoms with Crippen LogP contribution >= 0.6 is 0 Å². The van der Waals surface area contributed by atoms with Gasteiger partial charge < -0.3 is 43.2 Å². The van der Waals surface area contributed by atoms with E-state index in [0.29, 0.717) is 31.0 Å². The lowest BCUT2D eigenvalue weighted by Gasteiger charge is -2.51. The molecular weight excluding hydrogens is 787 g/mol. The van der Waals surface area contributed by atoms with Gasteiger partial charge in [0.25, 0.3) is 0 Å². The zero-order chi connectivity index (χ0) is 43.5. The fraction of sp³-hybridized carbons (Fsp3) is 0.681. The highest BCUT2D eigenvalue weighted by Gasteiger charge is 2.58. The first-order valence-corrected chi connectivity index (χ1v) is 23.5. The van der Waals surface area contributed by atoms with E-state index >= 15 is 0 Å². The Morgan fingerprint density at radius 2 is 1.50 bits per heavy atom. The normalized spacial score (nSPS) is 25.6. The topological polar surface area (TPSA) is 137 Å². The summed E-state index contributed by atoms with van der Waals surface area (Å²) in [5.74, 6) is -2.67. The molecule has 1 amide bonds. The number of alkyl carbamates (subject to hydrolysis) is 1. The van der Waals surface area contributed by atoms with Gasteiger partial charge in [-0.15, -0.1) is 0 Å². The lowest BCUT2D eigenvalue weighted by molar-refractivity contribution is -0.325. The predicted octanol–water partition coefficient (Wildman–Crippen LogP) is 9.20. The predicted molar refractivity (Wildman–Crippen MR) is 230 cm³/mol. The average Bonchev–Trinajstić information content (AvgIpc) is 3.78. The highest BCUT2D eigenvalue weighted by Crippen LogP contribution is 2.41. The molecule has 1 N–H and O–H groups in total. The number of rotatable bonds is 21. The molecule has 3 saturated heterocycles. The molecular formula is C47H71NO11S. The van der Waals surface area contributed by atoms with Gasteiger partial charge in [-0.2, -0.15) is 0 Å². The van der Waals surface area contributed by atoms with Gasteiger partial charge in [-0.05, 0) is 91.8 Å². The molecule has 3 aliphatic rings. The number of nitrogens with one attached hydrogen (secondary N) is 1. The number of ether oxygens (including phenoxy) is 8. The second-order valence-electron chi connectivity index (χ2n) is 18.4. The Balaban J connectivity index is 1.37. The molecule has 1 unspecified atom stereocenters. The third-order valence-electron chi connectivity index (χ3n) is 11.1. The van der Waals surface area contributed by atoms with Crippen molar-refractivity contribution in [2.24, 2.45) is 0 Å². The van der Waals surface area contributed by atoms with Crippen LogP contribution in [-0.2, 0) is 54.3 Å². The Labute approximate surface area is 359 Å². The van der Waals surface area contributed by atoms with E-state index in [9.17, 15) is 13.2 Å². The summed E-state index contributed by atoms with van der Waals surface area (Å²) in [6.07, 6.45) is 9.10. The number of sulfone groups is 1. The van der Waals surface area contributed by atoms with Gasteiger partial charge in [-0.1, -0.05) is 93.3 Å². The van der Waals surface area contributed by atoms with Gasteiger partial charge >= 0.3 is 6.09 Å². The molecule has 3 aliphatic heterocycles. The molecule has 0 bridgehead atoms. The monoisotopic (exact) mass is 857 g/mol. The Bertz CT molecular complexity index is 1760. The second-order valence-corrected chi connectivity index (χ2v) is 20.6. The van der Waals surface area contributed by atoms with E-state index in [-0.39, 0.29) is 26.2 Å². The van der Waals surface area contributed by atoms with Crippen molar-refractivity contribution in [3.8, 4) is 0 Å². The van der Waals surface area contributed by atoms with Crippen molar-refractivity contribution >= 4 is 15.9 Å². The number of benzene rings is 2. The maximum Gasteiger partial charge on any atom is 0.408 e. The molecule has 0 spiro atoms. The molecule has 2 aromatic rings. The minimum atomic E-state index is -3.69. The fourth-order valence-corrected chi connectivity index (χ4v) is 9.95. The Kier molecular flexibility index (Phi) is 16.8. The standard InChI is InChI=1S/C47H71NO11S/c1-9-10-11-19-29-47(53-31-32-54-47)30-20-18-26-38(60(50,51)37-24-16-13-17-25-37)27-21-28-39-40(57-45(7,8)56-39)41-46(35-55-44(5,6)58-41,48-42(49)59-43(2,3)4)34-52-33-36-22-14-12-15-23-36/h12-17,21-25,28,38-41H,9-11,18-20,26-27,29-35H2,1-8H3,(H,48,49)/b28-21+/t38?,39-,40+,41-,46-/m0/s1. The van der Waals surface area contributed by atoms with Gasteiger partial charge in [0.2, 0.25) is 0 Å². The molecule has 336 valence electrons. The van der Waals surface area contributed by atoms with E-state index in [4.69, 9.17) is 37.9 Å². The maximum atomic E-state index is 14.2. The van der Waals surface area contributed by atoms with Crippen molar-refractivity contribution < 1.29 is 51.1 Å². The van der Waals surface area contributed by atoms with Crippen molar-refractivity contribution in [1.82, 2.24) is 5.32 Å². The Morgan fingerprint density at radius 3 is 2.15 bits per heavy atom. The third kappa shape index (κ3) is 13.8. The van der Waals surface area contributed by atoms with Gasteiger partial charge in [0.15, 0.2) is 27.2 Å². The minimum Gasteiger partial charge on any atom is -0.444 e. The van der Waals surface area contributed by atoms with Crippen LogP contribution in [0.25, 0.3) is 0 Å². The molecule has 12 nitrogen and oxygen atoms in total. The zero-order valence-electron chi connectivity index (χ0n) is 37.2. The SMILES string of the molecule is CCCCCCC1(CCCCC(C/C=C/[C@@H]2OC(C)(C)O[C@H]2[C@@H]2OC(C)(C)OC[C@]2(COCc2ccccc2)NC(=O)OC(C)(C)C)S(=O)(=O)c2ccccc2)OCCO1. The Morgan fingerprint density at radius 1 is 0.850 bits per heavy atom. The van der Waals surface area contributed by atoms with Crippen LogP contribution in [0.1, 0.15) is 125 Å². The van der Waals surface area contributed by atoms with Crippen molar-refractivity contribution in [2.75, 3.05) is 26.4 Å². The number of unbranched alkanes of at least 4 members (excludes halogenated alkanes) is 4. The van der Waals surface area contributed by atoms with Crippen molar-refractivity contribution in [2.45, 2.75) is 183 Å². The van der Waals surface area contributed by atoms with Crippen molar-refractivity contribution in [3.63, 3.8) is 0 Å². The van der Waals surface area contributed by atoms with Gasteiger partial charge in [-0.3, -0.25) is 0 Å². The quantitative estimate of drug-likeness (QED) is 0.0951. The van der Waals surface area contributed by atoms with Gasteiger partial charge in [0, 0.05) is 12.8 Å². The van der Waals surface area contributed by atoms with E-state index in [1.54, 1.807) is 45.0 Å². The van der Waals surface area contributed by atoms with Crippen LogP contribution in [0.3, 0.4) is 0 Å². The number of allylic oxidation sites excluding steroid dienone is 1. The molecule has 13 heteroatoms. The van der Waals surface area contributed by atoms with Crippen LogP contribution in [0, 0.1) is 0 Å². The molecule has 5 atom stereocenters. The number of carbonyl (C=O) groups is 1. The summed E-state index contributed by atoms with van der Waals surface area (Å²) in [4.78, 5) is 13.9. The molecule has 5 rings (SSSR count). The first-order valence-electron chi connectivity index (χ1n) is 21.9. The summed E-state index contributed by atoms with van der Waals surface area (Å²) in [5, 5.41) is 2.39. The molecule has 2 aromatic carbocycles.